The predicted molar refractivity (Wildman–Crippen MR) is 235 cm³/mol. The Morgan fingerprint density at radius 2 is 1.09 bits per heavy atom. The van der Waals surface area contributed by atoms with E-state index < -0.39 is 0 Å². The van der Waals surface area contributed by atoms with Crippen LogP contribution in [0.3, 0.4) is 0 Å². The average molecular weight is 721 g/mol. The Balaban J connectivity index is 1.23. The molecular formula is C54H40O2. The summed E-state index contributed by atoms with van der Waals surface area (Å²) in [6, 6.07) is 53.3. The second-order valence-electron chi connectivity index (χ2n) is 16.4. The first-order valence-electron chi connectivity index (χ1n) is 19.7. The van der Waals surface area contributed by atoms with Crippen molar-refractivity contribution in [3.8, 4) is 44.7 Å². The third-order valence-corrected chi connectivity index (χ3v) is 11.9. The molecule has 1 aliphatic carbocycles. The van der Waals surface area contributed by atoms with Gasteiger partial charge < -0.3 is 9.15 Å². The van der Waals surface area contributed by atoms with Crippen LogP contribution >= 0.6 is 0 Å². The monoisotopic (exact) mass is 720 g/mol. The Morgan fingerprint density at radius 1 is 0.482 bits per heavy atom. The van der Waals surface area contributed by atoms with Crippen molar-refractivity contribution in [3.05, 3.63) is 187 Å². The molecule has 56 heavy (non-hydrogen) atoms. The maximum Gasteiger partial charge on any atom is 0.136 e. The van der Waals surface area contributed by atoms with E-state index in [-0.39, 0.29) is 17.4 Å². The van der Waals surface area contributed by atoms with E-state index in [9.17, 15) is 0 Å². The Morgan fingerprint density at radius 3 is 1.82 bits per heavy atom. The molecule has 2 nitrogen and oxygen atoms in total. The Bertz CT molecular complexity index is 3040. The van der Waals surface area contributed by atoms with Gasteiger partial charge in [-0.2, -0.15) is 0 Å². The molecule has 2 unspecified atom stereocenters. The van der Waals surface area contributed by atoms with Gasteiger partial charge in [-0.25, -0.2) is 0 Å². The van der Waals surface area contributed by atoms with Gasteiger partial charge in [0.1, 0.15) is 23.2 Å². The first-order valence-corrected chi connectivity index (χ1v) is 19.7. The zero-order valence-electron chi connectivity index (χ0n) is 31.7. The van der Waals surface area contributed by atoms with Crippen molar-refractivity contribution in [1.82, 2.24) is 0 Å². The molecule has 11 rings (SSSR count). The normalized spacial score (nSPS) is 16.6. The van der Waals surface area contributed by atoms with Gasteiger partial charge in [0.05, 0.1) is 0 Å². The maximum atomic E-state index is 6.79. The number of furan rings is 1. The molecule has 0 saturated heterocycles. The van der Waals surface area contributed by atoms with Gasteiger partial charge in [-0.1, -0.05) is 160 Å². The molecule has 1 aliphatic heterocycles. The summed E-state index contributed by atoms with van der Waals surface area (Å²) < 4.78 is 13.5. The van der Waals surface area contributed by atoms with Gasteiger partial charge in [0, 0.05) is 22.4 Å². The highest BCUT2D eigenvalue weighted by molar-refractivity contribution is 6.31. The van der Waals surface area contributed by atoms with E-state index in [0.717, 1.165) is 33.6 Å². The van der Waals surface area contributed by atoms with Crippen LogP contribution in [-0.2, 0) is 10.2 Å². The van der Waals surface area contributed by atoms with Gasteiger partial charge >= 0.3 is 0 Å². The minimum absolute atomic E-state index is 0.00589. The van der Waals surface area contributed by atoms with Crippen molar-refractivity contribution in [2.24, 2.45) is 5.92 Å². The van der Waals surface area contributed by atoms with Gasteiger partial charge in [-0.15, -0.1) is 0 Å². The maximum absolute atomic E-state index is 6.79. The second kappa shape index (κ2) is 12.4. The summed E-state index contributed by atoms with van der Waals surface area (Å²) in [5.41, 5.74) is 11.6. The van der Waals surface area contributed by atoms with Crippen LogP contribution in [0.4, 0.5) is 0 Å². The zero-order valence-corrected chi connectivity index (χ0v) is 31.7. The number of benzene rings is 8. The van der Waals surface area contributed by atoms with Crippen molar-refractivity contribution in [2.45, 2.75) is 32.3 Å². The Hall–Kier alpha value is -6.64. The van der Waals surface area contributed by atoms with E-state index in [2.05, 4.69) is 191 Å². The quantitative estimate of drug-likeness (QED) is 0.165. The molecule has 0 saturated carbocycles. The minimum Gasteiger partial charge on any atom is -0.485 e. The molecule has 2 heterocycles. The lowest BCUT2D eigenvalue weighted by molar-refractivity contribution is 0.213. The minimum atomic E-state index is 0.00589. The van der Waals surface area contributed by atoms with Crippen LogP contribution in [0.25, 0.3) is 93.8 Å². The van der Waals surface area contributed by atoms with Gasteiger partial charge in [0.25, 0.3) is 0 Å². The van der Waals surface area contributed by atoms with Gasteiger partial charge in [-0.3, -0.25) is 0 Å². The fourth-order valence-electron chi connectivity index (χ4n) is 9.01. The molecule has 0 fully saturated rings. The topological polar surface area (TPSA) is 22.4 Å². The largest absolute Gasteiger partial charge is 0.485 e. The van der Waals surface area contributed by atoms with E-state index in [4.69, 9.17) is 9.15 Å². The van der Waals surface area contributed by atoms with Gasteiger partial charge in [0.15, 0.2) is 0 Å². The zero-order chi connectivity index (χ0) is 37.5. The van der Waals surface area contributed by atoms with Crippen LogP contribution in [0.5, 0.6) is 0 Å². The van der Waals surface area contributed by atoms with Gasteiger partial charge in [0.2, 0.25) is 0 Å². The number of rotatable bonds is 5. The fourth-order valence-corrected chi connectivity index (χ4v) is 9.01. The Labute approximate surface area is 327 Å². The van der Waals surface area contributed by atoms with Crippen LogP contribution in [0, 0.1) is 5.92 Å². The van der Waals surface area contributed by atoms with Crippen LogP contribution in [0.1, 0.15) is 31.9 Å². The van der Waals surface area contributed by atoms with Crippen molar-refractivity contribution in [3.63, 3.8) is 0 Å². The van der Waals surface area contributed by atoms with Crippen molar-refractivity contribution in [2.75, 3.05) is 0 Å². The number of fused-ring (bicyclic) bond motifs is 2. The third kappa shape index (κ3) is 5.24. The first kappa shape index (κ1) is 32.8. The molecule has 0 amide bonds. The molecule has 8 aromatic carbocycles. The summed E-state index contributed by atoms with van der Waals surface area (Å²) in [4.78, 5) is 0. The lowest BCUT2D eigenvalue weighted by Gasteiger charge is -2.23. The highest BCUT2D eigenvalue weighted by Gasteiger charge is 2.30. The first-order chi connectivity index (χ1) is 27.4. The molecule has 1 aromatic heterocycles. The molecule has 2 aliphatic rings. The highest BCUT2D eigenvalue weighted by atomic mass is 16.5. The molecule has 0 spiro atoms. The molecule has 9 aromatic rings. The molecular weight excluding hydrogens is 681 g/mol. The highest BCUT2D eigenvalue weighted by Crippen LogP contribution is 2.49. The number of hydrogen-bond acceptors (Lipinski definition) is 2. The van der Waals surface area contributed by atoms with Crippen LogP contribution < -0.4 is 0 Å². The molecule has 0 N–H and O–H groups in total. The molecule has 2 atom stereocenters. The smallest absolute Gasteiger partial charge is 0.136 e. The molecule has 0 radical (unpaired) electrons. The van der Waals surface area contributed by atoms with Gasteiger partial charge in [-0.05, 0) is 113 Å². The van der Waals surface area contributed by atoms with E-state index in [1.165, 1.54) is 71.3 Å². The fraction of sp³-hybridized carbons (Fsp3) is 0.111. The number of hydrogen-bond donors (Lipinski definition) is 0. The third-order valence-electron chi connectivity index (χ3n) is 11.9. The molecule has 268 valence electrons. The number of para-hydroxylation sites is 1. The lowest BCUT2D eigenvalue weighted by Crippen LogP contribution is -2.13. The second-order valence-corrected chi connectivity index (χ2v) is 16.4. The molecule has 0 bridgehead atoms. The summed E-state index contributed by atoms with van der Waals surface area (Å²) in [7, 11) is 0. The summed E-state index contributed by atoms with van der Waals surface area (Å²) in [5.74, 6) is 2.03. The SMILES string of the molecule is CC(C)(C)c1cccc(-c2cc(C3=CC4C=CC=CC4O3)c3ccc4c(-c5ccc(-c6ccccc6)cc5)cc(-c5cc6ccccc6o5)c5ccc2c3c45)c1. The van der Waals surface area contributed by atoms with E-state index in [0.29, 0.717) is 0 Å². The van der Waals surface area contributed by atoms with Crippen LogP contribution in [-0.4, -0.2) is 6.10 Å². The summed E-state index contributed by atoms with van der Waals surface area (Å²) in [5, 5.41) is 8.41. The van der Waals surface area contributed by atoms with Crippen LogP contribution in [0.2, 0.25) is 0 Å². The van der Waals surface area contributed by atoms with E-state index in [1.54, 1.807) is 0 Å². The average Bonchev–Trinajstić information content (AvgIpc) is 3.87. The summed E-state index contributed by atoms with van der Waals surface area (Å²) in [6.45, 7) is 6.86. The number of allylic oxidation sites excluding steroid dienone is 2. The van der Waals surface area contributed by atoms with Crippen molar-refractivity contribution >= 4 is 49.0 Å². The molecule has 2 heteroatoms. The predicted octanol–water partition coefficient (Wildman–Crippen LogP) is 14.8. The van der Waals surface area contributed by atoms with Crippen LogP contribution in [0.15, 0.2) is 180 Å². The standard InChI is InChI=1S/C54H40O2/c1-54(2,3)39-17-11-16-36(28-39)45-32-47(51-30-38-15-8-10-19-49(38)56-51)43-26-24-40-44(35-22-20-34(21-23-35)33-12-5-4-6-13-33)31-46(42-27-25-41(45)53(43)52(40)42)50-29-37-14-7-9-18-48(37)55-50/h4-32,38,49H,1-3H3. The summed E-state index contributed by atoms with van der Waals surface area (Å²) in [6.07, 6.45) is 11.0. The van der Waals surface area contributed by atoms with Crippen molar-refractivity contribution in [1.29, 1.82) is 0 Å². The lowest BCUT2D eigenvalue weighted by atomic mass is 9.81. The van der Waals surface area contributed by atoms with Crippen molar-refractivity contribution < 1.29 is 9.15 Å². The summed E-state index contributed by atoms with van der Waals surface area (Å²) >= 11 is 0. The van der Waals surface area contributed by atoms with E-state index in [1.807, 2.05) is 6.07 Å². The Kier molecular flexibility index (Phi) is 7.28. The van der Waals surface area contributed by atoms with E-state index >= 15 is 0 Å². The number of ether oxygens (including phenoxy) is 1.